The summed E-state index contributed by atoms with van der Waals surface area (Å²) in [5.41, 5.74) is 2.30. The van der Waals surface area contributed by atoms with Gasteiger partial charge in [-0.25, -0.2) is 4.79 Å². The zero-order valence-electron chi connectivity index (χ0n) is 15.0. The van der Waals surface area contributed by atoms with Gasteiger partial charge < -0.3 is 19.1 Å². The lowest BCUT2D eigenvalue weighted by Crippen LogP contribution is -2.38. The Bertz CT molecular complexity index is 833. The van der Waals surface area contributed by atoms with Crippen LogP contribution in [0, 0.1) is 0 Å². The third kappa shape index (κ3) is 3.35. The van der Waals surface area contributed by atoms with E-state index in [1.807, 2.05) is 31.2 Å². The number of hydrogen-bond donors (Lipinski definition) is 0. The lowest BCUT2D eigenvalue weighted by atomic mass is 10.1. The average Bonchev–Trinajstić information content (AvgIpc) is 3.00. The number of anilines is 1. The summed E-state index contributed by atoms with van der Waals surface area (Å²) in [6, 6.07) is 12.5. The first-order chi connectivity index (χ1) is 12.5. The molecule has 1 atom stereocenters. The second-order valence-corrected chi connectivity index (χ2v) is 6.09. The van der Waals surface area contributed by atoms with Gasteiger partial charge in [-0.2, -0.15) is 0 Å². The quantitative estimate of drug-likeness (QED) is 0.772. The lowest BCUT2D eigenvalue weighted by molar-refractivity contribution is -0.122. The fourth-order valence-corrected chi connectivity index (χ4v) is 3.19. The summed E-state index contributed by atoms with van der Waals surface area (Å²) < 4.78 is 15.5. The number of esters is 1. The molecule has 136 valence electrons. The maximum Gasteiger partial charge on any atom is 0.338 e. The average molecular weight is 355 g/mol. The van der Waals surface area contributed by atoms with Gasteiger partial charge in [-0.05, 0) is 43.2 Å². The Morgan fingerprint density at radius 3 is 2.54 bits per heavy atom. The molecule has 0 N–H and O–H groups in total. The molecule has 1 aliphatic heterocycles. The highest BCUT2D eigenvalue weighted by atomic mass is 16.5. The highest BCUT2D eigenvalue weighted by Gasteiger charge is 2.31. The van der Waals surface area contributed by atoms with Gasteiger partial charge in [0.15, 0.2) is 18.1 Å². The molecule has 0 aromatic heterocycles. The first kappa shape index (κ1) is 17.8. The van der Waals surface area contributed by atoms with Crippen LogP contribution in [0.1, 0.15) is 22.8 Å². The van der Waals surface area contributed by atoms with Crippen molar-refractivity contribution >= 4 is 17.6 Å². The van der Waals surface area contributed by atoms with Crippen LogP contribution in [0.3, 0.4) is 0 Å². The molecule has 2 aromatic carbocycles. The van der Waals surface area contributed by atoms with Crippen LogP contribution in [0.15, 0.2) is 42.5 Å². The van der Waals surface area contributed by atoms with Crippen LogP contribution >= 0.6 is 0 Å². The predicted octanol–water partition coefficient (Wildman–Crippen LogP) is 2.84. The molecule has 1 aliphatic rings. The Balaban J connectivity index is 1.67. The molecule has 0 saturated carbocycles. The number of hydrogen-bond acceptors (Lipinski definition) is 5. The fourth-order valence-electron chi connectivity index (χ4n) is 3.19. The van der Waals surface area contributed by atoms with Crippen LogP contribution in [0.4, 0.5) is 5.69 Å². The minimum Gasteiger partial charge on any atom is -0.493 e. The van der Waals surface area contributed by atoms with Crippen molar-refractivity contribution in [1.82, 2.24) is 0 Å². The summed E-state index contributed by atoms with van der Waals surface area (Å²) >= 11 is 0. The Labute approximate surface area is 152 Å². The molecule has 0 spiro atoms. The first-order valence-electron chi connectivity index (χ1n) is 8.34. The van der Waals surface area contributed by atoms with E-state index in [-0.39, 0.29) is 18.6 Å². The van der Waals surface area contributed by atoms with Crippen molar-refractivity contribution in [1.29, 1.82) is 0 Å². The Morgan fingerprint density at radius 2 is 1.81 bits per heavy atom. The summed E-state index contributed by atoms with van der Waals surface area (Å²) in [4.78, 5) is 26.5. The first-order valence-corrected chi connectivity index (χ1v) is 8.34. The zero-order chi connectivity index (χ0) is 18.7. The van der Waals surface area contributed by atoms with E-state index in [2.05, 4.69) is 0 Å². The van der Waals surface area contributed by atoms with Crippen LogP contribution in [-0.4, -0.2) is 38.7 Å². The Hall–Kier alpha value is -3.02. The maximum absolute atomic E-state index is 12.6. The minimum atomic E-state index is -0.584. The topological polar surface area (TPSA) is 65.1 Å². The minimum absolute atomic E-state index is 0.0414. The van der Waals surface area contributed by atoms with Gasteiger partial charge in [0.05, 0.1) is 19.8 Å². The molecule has 0 aliphatic carbocycles. The van der Waals surface area contributed by atoms with Crippen molar-refractivity contribution in [3.05, 3.63) is 53.6 Å². The summed E-state index contributed by atoms with van der Waals surface area (Å²) in [6.07, 6.45) is 0.797. The lowest BCUT2D eigenvalue weighted by Gasteiger charge is -2.22. The molecule has 0 bridgehead atoms. The number of methoxy groups -OCH3 is 2. The molecule has 3 rings (SSSR count). The number of fused-ring (bicyclic) bond motifs is 1. The number of benzene rings is 2. The molecule has 26 heavy (non-hydrogen) atoms. The SMILES string of the molecule is COc1ccc(C(=O)OCC(=O)N2c3ccccc3C[C@H]2C)cc1OC. The van der Waals surface area contributed by atoms with Gasteiger partial charge in [0, 0.05) is 11.7 Å². The molecule has 0 fully saturated rings. The highest BCUT2D eigenvalue weighted by Crippen LogP contribution is 2.32. The van der Waals surface area contributed by atoms with Crippen molar-refractivity contribution < 1.29 is 23.8 Å². The predicted molar refractivity (Wildman–Crippen MR) is 96.9 cm³/mol. The third-order valence-electron chi connectivity index (χ3n) is 4.42. The summed E-state index contributed by atoms with van der Waals surface area (Å²) in [6.45, 7) is 1.67. The maximum atomic E-state index is 12.6. The largest absolute Gasteiger partial charge is 0.493 e. The molecule has 6 heteroatoms. The molecular weight excluding hydrogens is 334 g/mol. The summed E-state index contributed by atoms with van der Waals surface area (Å²) in [7, 11) is 3.01. The van der Waals surface area contributed by atoms with Crippen LogP contribution in [-0.2, 0) is 16.0 Å². The number of para-hydroxylation sites is 1. The van der Waals surface area contributed by atoms with Crippen LogP contribution in [0.25, 0.3) is 0 Å². The number of carbonyl (C=O) groups excluding carboxylic acids is 2. The van der Waals surface area contributed by atoms with Gasteiger partial charge in [0.2, 0.25) is 0 Å². The highest BCUT2D eigenvalue weighted by molar-refractivity contribution is 5.99. The van der Waals surface area contributed by atoms with Gasteiger partial charge in [-0.1, -0.05) is 18.2 Å². The normalized spacial score (nSPS) is 15.3. The Kier molecular flexibility index (Phi) is 5.11. The smallest absolute Gasteiger partial charge is 0.338 e. The van der Waals surface area contributed by atoms with Crippen molar-refractivity contribution in [3.63, 3.8) is 0 Å². The molecule has 1 heterocycles. The fraction of sp³-hybridized carbons (Fsp3) is 0.300. The van der Waals surface area contributed by atoms with Gasteiger partial charge in [0.1, 0.15) is 0 Å². The number of rotatable bonds is 5. The number of ether oxygens (including phenoxy) is 3. The molecule has 0 saturated heterocycles. The molecule has 0 unspecified atom stereocenters. The van der Waals surface area contributed by atoms with Crippen molar-refractivity contribution in [2.45, 2.75) is 19.4 Å². The van der Waals surface area contributed by atoms with E-state index in [1.54, 1.807) is 17.0 Å². The zero-order valence-corrected chi connectivity index (χ0v) is 15.0. The van der Waals surface area contributed by atoms with Crippen LogP contribution in [0.5, 0.6) is 11.5 Å². The standard InChI is InChI=1S/C20H21NO5/c1-13-10-14-6-4-5-7-16(14)21(13)19(22)12-26-20(23)15-8-9-17(24-2)18(11-15)25-3/h4-9,11,13H,10,12H2,1-3H3/t13-/m1/s1. The van der Waals surface area contributed by atoms with Gasteiger partial charge in [0.25, 0.3) is 5.91 Å². The van der Waals surface area contributed by atoms with Crippen LogP contribution in [0.2, 0.25) is 0 Å². The second kappa shape index (κ2) is 7.47. The van der Waals surface area contributed by atoms with E-state index in [1.165, 1.54) is 20.3 Å². The second-order valence-electron chi connectivity index (χ2n) is 6.09. The van der Waals surface area contributed by atoms with Crippen molar-refractivity contribution in [2.75, 3.05) is 25.7 Å². The van der Waals surface area contributed by atoms with Gasteiger partial charge in [-0.15, -0.1) is 0 Å². The number of amides is 1. The monoisotopic (exact) mass is 355 g/mol. The van der Waals surface area contributed by atoms with Crippen molar-refractivity contribution in [2.24, 2.45) is 0 Å². The van der Waals surface area contributed by atoms with Crippen LogP contribution < -0.4 is 14.4 Å². The summed E-state index contributed by atoms with van der Waals surface area (Å²) in [5.74, 6) is 0.119. The van der Waals surface area contributed by atoms with E-state index >= 15 is 0 Å². The molecule has 1 amide bonds. The van der Waals surface area contributed by atoms with E-state index in [4.69, 9.17) is 14.2 Å². The van der Waals surface area contributed by atoms with E-state index in [9.17, 15) is 9.59 Å². The summed E-state index contributed by atoms with van der Waals surface area (Å²) in [5, 5.41) is 0. The third-order valence-corrected chi connectivity index (χ3v) is 4.42. The van der Waals surface area contributed by atoms with E-state index < -0.39 is 5.97 Å². The molecular formula is C20H21NO5. The van der Waals surface area contributed by atoms with E-state index in [0.717, 1.165) is 17.7 Å². The Morgan fingerprint density at radius 1 is 1.08 bits per heavy atom. The molecule has 0 radical (unpaired) electrons. The molecule has 6 nitrogen and oxygen atoms in total. The number of nitrogens with zero attached hydrogens (tertiary/aromatic N) is 1. The number of carbonyl (C=O) groups is 2. The van der Waals surface area contributed by atoms with Gasteiger partial charge in [-0.3, -0.25) is 4.79 Å². The van der Waals surface area contributed by atoms with Crippen molar-refractivity contribution in [3.8, 4) is 11.5 Å². The molecule has 2 aromatic rings. The van der Waals surface area contributed by atoms with Gasteiger partial charge >= 0.3 is 5.97 Å². The van der Waals surface area contributed by atoms with E-state index in [0.29, 0.717) is 17.1 Å².